The number of hydrogen-bond acceptors (Lipinski definition) is 3. The van der Waals surface area contributed by atoms with Crippen LogP contribution in [0.4, 0.5) is 4.39 Å². The number of carbonyl (C=O) groups excluding carboxylic acids is 1. The van der Waals surface area contributed by atoms with Crippen LogP contribution in [0.15, 0.2) is 24.3 Å². The van der Waals surface area contributed by atoms with Gasteiger partial charge in [0, 0.05) is 11.8 Å². The number of hydrogen-bond donors (Lipinski definition) is 0. The van der Waals surface area contributed by atoms with Gasteiger partial charge in [-0.05, 0) is 32.4 Å². The molecule has 94 valence electrons. The molecule has 0 spiro atoms. The Morgan fingerprint density at radius 1 is 1.47 bits per heavy atom. The zero-order valence-corrected chi connectivity index (χ0v) is 11.3. The number of halogens is 1. The first kappa shape index (κ1) is 14.2. The summed E-state index contributed by atoms with van der Waals surface area (Å²) in [7, 11) is 1.89. The lowest BCUT2D eigenvalue weighted by molar-refractivity contribution is 0.0927. The molecule has 0 fully saturated rings. The highest BCUT2D eigenvalue weighted by Gasteiger charge is 2.16. The minimum absolute atomic E-state index is 0.168. The van der Waals surface area contributed by atoms with Gasteiger partial charge < -0.3 is 0 Å². The van der Waals surface area contributed by atoms with Crippen LogP contribution in [0.2, 0.25) is 0 Å². The van der Waals surface area contributed by atoms with E-state index in [0.29, 0.717) is 6.04 Å². The largest absolute Gasteiger partial charge is 0.295 e. The number of ketones is 1. The van der Waals surface area contributed by atoms with Crippen molar-refractivity contribution in [3.63, 3.8) is 0 Å². The fraction of sp³-hybridized carbons (Fsp3) is 0.462. The van der Waals surface area contributed by atoms with Crippen LogP contribution >= 0.6 is 11.8 Å². The van der Waals surface area contributed by atoms with Crippen molar-refractivity contribution in [2.24, 2.45) is 0 Å². The van der Waals surface area contributed by atoms with Crippen LogP contribution in [0.5, 0.6) is 0 Å². The number of rotatable bonds is 6. The second kappa shape index (κ2) is 6.77. The molecule has 17 heavy (non-hydrogen) atoms. The molecular formula is C13H18FNOS. The number of carbonyl (C=O) groups is 1. The molecule has 1 rings (SSSR count). The molecule has 0 aliphatic heterocycles. The highest BCUT2D eigenvalue weighted by Crippen LogP contribution is 2.10. The fourth-order valence-electron chi connectivity index (χ4n) is 1.52. The van der Waals surface area contributed by atoms with Crippen LogP contribution in [0.25, 0.3) is 0 Å². The average molecular weight is 255 g/mol. The van der Waals surface area contributed by atoms with Crippen LogP contribution in [0.3, 0.4) is 0 Å². The second-order valence-electron chi connectivity index (χ2n) is 4.12. The van der Waals surface area contributed by atoms with E-state index >= 15 is 0 Å². The maximum absolute atomic E-state index is 13.4. The normalized spacial score (nSPS) is 12.8. The Morgan fingerprint density at radius 3 is 2.71 bits per heavy atom. The van der Waals surface area contributed by atoms with Gasteiger partial charge in [0.25, 0.3) is 0 Å². The molecule has 1 aromatic rings. The van der Waals surface area contributed by atoms with Gasteiger partial charge in [0.15, 0.2) is 5.78 Å². The van der Waals surface area contributed by atoms with Gasteiger partial charge in [-0.15, -0.1) is 0 Å². The maximum Gasteiger partial charge on any atom is 0.179 e. The predicted molar refractivity (Wildman–Crippen MR) is 71.2 cm³/mol. The quantitative estimate of drug-likeness (QED) is 0.729. The predicted octanol–water partition coefficient (Wildman–Crippen LogP) is 2.69. The summed E-state index contributed by atoms with van der Waals surface area (Å²) < 4.78 is 13.4. The van der Waals surface area contributed by atoms with E-state index in [2.05, 4.69) is 6.92 Å². The zero-order valence-electron chi connectivity index (χ0n) is 10.4. The van der Waals surface area contributed by atoms with Crippen molar-refractivity contribution in [1.82, 2.24) is 4.90 Å². The summed E-state index contributed by atoms with van der Waals surface area (Å²) in [5, 5.41) is 0. The van der Waals surface area contributed by atoms with Gasteiger partial charge >= 0.3 is 0 Å². The monoisotopic (exact) mass is 255 g/mol. The lowest BCUT2D eigenvalue weighted by Gasteiger charge is -2.23. The summed E-state index contributed by atoms with van der Waals surface area (Å²) in [5.74, 6) is 0.350. The van der Waals surface area contributed by atoms with Crippen molar-refractivity contribution in [1.29, 1.82) is 0 Å². The van der Waals surface area contributed by atoms with Gasteiger partial charge in [-0.2, -0.15) is 11.8 Å². The minimum atomic E-state index is -0.441. The Bertz CT molecular complexity index is 383. The smallest absolute Gasteiger partial charge is 0.179 e. The van der Waals surface area contributed by atoms with Crippen molar-refractivity contribution in [2.45, 2.75) is 13.0 Å². The number of likely N-dealkylation sites (N-methyl/N-ethyl adjacent to an activating group) is 1. The van der Waals surface area contributed by atoms with E-state index in [9.17, 15) is 9.18 Å². The molecule has 0 aliphatic carbocycles. The molecule has 0 radical (unpaired) electrons. The molecule has 0 amide bonds. The molecule has 0 heterocycles. The summed E-state index contributed by atoms with van der Waals surface area (Å²) in [6.07, 6.45) is 2.03. The standard InChI is InChI=1S/C13H18FNOS/c1-10(9-17-3)15(2)8-13(16)11-6-4-5-7-12(11)14/h4-7,10H,8-9H2,1-3H3. The highest BCUT2D eigenvalue weighted by molar-refractivity contribution is 7.98. The minimum Gasteiger partial charge on any atom is -0.295 e. The first-order valence-corrected chi connectivity index (χ1v) is 6.92. The third-order valence-corrected chi connectivity index (χ3v) is 3.54. The Morgan fingerprint density at radius 2 is 2.12 bits per heavy atom. The molecule has 4 heteroatoms. The Kier molecular flexibility index (Phi) is 5.65. The van der Waals surface area contributed by atoms with Crippen LogP contribution in [0.1, 0.15) is 17.3 Å². The lowest BCUT2D eigenvalue weighted by atomic mass is 10.1. The Hall–Kier alpha value is -0.870. The molecule has 1 atom stereocenters. The molecule has 0 bridgehead atoms. The molecule has 0 saturated heterocycles. The van der Waals surface area contributed by atoms with Crippen LogP contribution in [0, 0.1) is 5.82 Å². The topological polar surface area (TPSA) is 20.3 Å². The molecule has 1 unspecified atom stereocenters. The number of thioether (sulfide) groups is 1. The van der Waals surface area contributed by atoms with Gasteiger partial charge in [0.1, 0.15) is 5.82 Å². The third kappa shape index (κ3) is 4.13. The van der Waals surface area contributed by atoms with Gasteiger partial charge in [0.2, 0.25) is 0 Å². The molecular weight excluding hydrogens is 237 g/mol. The third-order valence-electron chi connectivity index (χ3n) is 2.73. The van der Waals surface area contributed by atoms with Gasteiger partial charge in [-0.3, -0.25) is 9.69 Å². The number of Topliss-reactive ketones (excluding diaryl/α,β-unsaturated/α-hetero) is 1. The van der Waals surface area contributed by atoms with Crippen molar-refractivity contribution >= 4 is 17.5 Å². The van der Waals surface area contributed by atoms with E-state index in [1.54, 1.807) is 23.9 Å². The van der Waals surface area contributed by atoms with Crippen molar-refractivity contribution in [3.8, 4) is 0 Å². The lowest BCUT2D eigenvalue weighted by Crippen LogP contribution is -2.35. The molecule has 1 aromatic carbocycles. The maximum atomic E-state index is 13.4. The Labute approximate surface area is 106 Å². The molecule has 0 saturated carbocycles. The SMILES string of the molecule is CSCC(C)N(C)CC(=O)c1ccccc1F. The van der Waals surface area contributed by atoms with E-state index < -0.39 is 5.82 Å². The fourth-order valence-corrected chi connectivity index (χ4v) is 2.26. The average Bonchev–Trinajstić information content (AvgIpc) is 2.29. The van der Waals surface area contributed by atoms with E-state index in [0.717, 1.165) is 5.75 Å². The van der Waals surface area contributed by atoms with Gasteiger partial charge in [-0.1, -0.05) is 12.1 Å². The summed E-state index contributed by atoms with van der Waals surface area (Å²) in [4.78, 5) is 13.8. The first-order valence-electron chi connectivity index (χ1n) is 5.53. The highest BCUT2D eigenvalue weighted by atomic mass is 32.2. The van der Waals surface area contributed by atoms with Crippen LogP contribution in [-0.2, 0) is 0 Å². The van der Waals surface area contributed by atoms with E-state index in [1.165, 1.54) is 12.1 Å². The summed E-state index contributed by atoms with van der Waals surface area (Å²) in [6.45, 7) is 2.31. The number of benzene rings is 1. The van der Waals surface area contributed by atoms with Crippen molar-refractivity contribution in [3.05, 3.63) is 35.6 Å². The van der Waals surface area contributed by atoms with Crippen LogP contribution < -0.4 is 0 Å². The number of nitrogens with zero attached hydrogens (tertiary/aromatic N) is 1. The van der Waals surface area contributed by atoms with Gasteiger partial charge in [0.05, 0.1) is 12.1 Å². The molecule has 0 N–H and O–H groups in total. The Balaban J connectivity index is 2.64. The van der Waals surface area contributed by atoms with E-state index in [4.69, 9.17) is 0 Å². The van der Waals surface area contributed by atoms with Crippen LogP contribution in [-0.4, -0.2) is 42.3 Å². The summed E-state index contributed by atoms with van der Waals surface area (Å²) in [6, 6.07) is 6.43. The van der Waals surface area contributed by atoms with Crippen molar-refractivity contribution < 1.29 is 9.18 Å². The summed E-state index contributed by atoms with van der Waals surface area (Å²) >= 11 is 1.74. The summed E-state index contributed by atoms with van der Waals surface area (Å²) in [5.41, 5.74) is 0.177. The zero-order chi connectivity index (χ0) is 12.8. The van der Waals surface area contributed by atoms with Gasteiger partial charge in [-0.25, -0.2) is 4.39 Å². The van der Waals surface area contributed by atoms with E-state index in [-0.39, 0.29) is 17.9 Å². The molecule has 0 aliphatic rings. The molecule has 0 aromatic heterocycles. The van der Waals surface area contributed by atoms with Crippen molar-refractivity contribution in [2.75, 3.05) is 25.6 Å². The second-order valence-corrected chi connectivity index (χ2v) is 5.03. The van der Waals surface area contributed by atoms with E-state index in [1.807, 2.05) is 18.2 Å². The first-order chi connectivity index (χ1) is 8.06. The molecule has 2 nitrogen and oxygen atoms in total.